The van der Waals surface area contributed by atoms with Gasteiger partial charge in [0.05, 0.1) is 0 Å². The standard InChI is InChI=1S/C15H20N2O2/c1-17(2)15(19)12-8-5-9-13(10-12)16-14(18)11-6-3-4-7-11/h5,8-11H,3-4,6-7H2,1-2H3,(H,16,18). The molecule has 1 aliphatic carbocycles. The summed E-state index contributed by atoms with van der Waals surface area (Å²) in [5, 5.41) is 2.91. The average molecular weight is 260 g/mol. The Morgan fingerprint density at radius 2 is 1.89 bits per heavy atom. The normalized spacial score (nSPS) is 15.3. The lowest BCUT2D eigenvalue weighted by molar-refractivity contribution is -0.119. The number of benzene rings is 1. The zero-order chi connectivity index (χ0) is 13.8. The fourth-order valence-electron chi connectivity index (χ4n) is 2.42. The van der Waals surface area contributed by atoms with Gasteiger partial charge in [0.25, 0.3) is 5.91 Å². The van der Waals surface area contributed by atoms with E-state index in [1.54, 1.807) is 32.3 Å². The number of carbonyl (C=O) groups is 2. The molecule has 0 spiro atoms. The third-order valence-electron chi connectivity index (χ3n) is 3.51. The topological polar surface area (TPSA) is 49.4 Å². The van der Waals surface area contributed by atoms with E-state index in [2.05, 4.69) is 5.32 Å². The van der Waals surface area contributed by atoms with Crippen molar-refractivity contribution < 1.29 is 9.59 Å². The third kappa shape index (κ3) is 3.34. The molecule has 0 aromatic heterocycles. The molecule has 0 unspecified atom stereocenters. The summed E-state index contributed by atoms with van der Waals surface area (Å²) in [6.45, 7) is 0. The monoisotopic (exact) mass is 260 g/mol. The van der Waals surface area contributed by atoms with E-state index in [9.17, 15) is 9.59 Å². The van der Waals surface area contributed by atoms with Crippen LogP contribution in [0.2, 0.25) is 0 Å². The number of hydrogen-bond donors (Lipinski definition) is 1. The second kappa shape index (κ2) is 5.87. The van der Waals surface area contributed by atoms with Crippen molar-refractivity contribution in [2.45, 2.75) is 25.7 Å². The van der Waals surface area contributed by atoms with E-state index in [1.165, 1.54) is 4.90 Å². The van der Waals surface area contributed by atoms with E-state index in [0.717, 1.165) is 25.7 Å². The van der Waals surface area contributed by atoms with Crippen LogP contribution in [0.5, 0.6) is 0 Å². The first-order chi connectivity index (χ1) is 9.08. The first-order valence-corrected chi connectivity index (χ1v) is 6.70. The fraction of sp³-hybridized carbons (Fsp3) is 0.467. The number of nitrogens with zero attached hydrogens (tertiary/aromatic N) is 1. The quantitative estimate of drug-likeness (QED) is 0.907. The van der Waals surface area contributed by atoms with Crippen molar-refractivity contribution in [3.05, 3.63) is 29.8 Å². The van der Waals surface area contributed by atoms with Crippen molar-refractivity contribution in [2.24, 2.45) is 5.92 Å². The largest absolute Gasteiger partial charge is 0.345 e. The Kier molecular flexibility index (Phi) is 4.20. The van der Waals surface area contributed by atoms with Crippen molar-refractivity contribution in [3.8, 4) is 0 Å². The summed E-state index contributed by atoms with van der Waals surface area (Å²) < 4.78 is 0. The van der Waals surface area contributed by atoms with Gasteiger partial charge in [0, 0.05) is 31.3 Å². The number of nitrogens with one attached hydrogen (secondary N) is 1. The highest BCUT2D eigenvalue weighted by atomic mass is 16.2. The van der Waals surface area contributed by atoms with Crippen LogP contribution in [0.4, 0.5) is 5.69 Å². The summed E-state index contributed by atoms with van der Waals surface area (Å²) >= 11 is 0. The molecule has 1 aliphatic rings. The van der Waals surface area contributed by atoms with Gasteiger partial charge < -0.3 is 10.2 Å². The van der Waals surface area contributed by atoms with Gasteiger partial charge in [-0.05, 0) is 31.0 Å². The molecule has 1 N–H and O–H groups in total. The molecule has 0 saturated heterocycles. The average Bonchev–Trinajstić information content (AvgIpc) is 2.92. The molecule has 0 atom stereocenters. The van der Waals surface area contributed by atoms with Crippen molar-refractivity contribution in [1.29, 1.82) is 0 Å². The van der Waals surface area contributed by atoms with Crippen molar-refractivity contribution in [1.82, 2.24) is 4.90 Å². The molecule has 4 nitrogen and oxygen atoms in total. The van der Waals surface area contributed by atoms with E-state index in [4.69, 9.17) is 0 Å². The number of carbonyl (C=O) groups excluding carboxylic acids is 2. The Morgan fingerprint density at radius 3 is 2.53 bits per heavy atom. The number of rotatable bonds is 3. The zero-order valence-electron chi connectivity index (χ0n) is 11.5. The van der Waals surface area contributed by atoms with Gasteiger partial charge in [0.1, 0.15) is 0 Å². The van der Waals surface area contributed by atoms with E-state index in [-0.39, 0.29) is 17.7 Å². The van der Waals surface area contributed by atoms with Crippen LogP contribution in [0.1, 0.15) is 36.0 Å². The van der Waals surface area contributed by atoms with Crippen LogP contribution in [0.15, 0.2) is 24.3 Å². The molecule has 19 heavy (non-hydrogen) atoms. The fourth-order valence-corrected chi connectivity index (χ4v) is 2.42. The van der Waals surface area contributed by atoms with Crippen molar-refractivity contribution in [2.75, 3.05) is 19.4 Å². The van der Waals surface area contributed by atoms with Crippen LogP contribution in [0, 0.1) is 5.92 Å². The van der Waals surface area contributed by atoms with Gasteiger partial charge in [0.15, 0.2) is 0 Å². The highest BCUT2D eigenvalue weighted by Gasteiger charge is 2.22. The second-order valence-electron chi connectivity index (χ2n) is 5.25. The van der Waals surface area contributed by atoms with Crippen LogP contribution in [0.3, 0.4) is 0 Å². The van der Waals surface area contributed by atoms with Crippen LogP contribution in [-0.4, -0.2) is 30.8 Å². The summed E-state index contributed by atoms with van der Waals surface area (Å²) in [6.07, 6.45) is 4.22. The maximum atomic E-state index is 12.0. The van der Waals surface area contributed by atoms with Gasteiger partial charge in [-0.2, -0.15) is 0 Å². The van der Waals surface area contributed by atoms with Crippen molar-refractivity contribution >= 4 is 17.5 Å². The van der Waals surface area contributed by atoms with Crippen LogP contribution in [-0.2, 0) is 4.79 Å². The van der Waals surface area contributed by atoms with Gasteiger partial charge in [0.2, 0.25) is 5.91 Å². The summed E-state index contributed by atoms with van der Waals surface area (Å²) in [5.41, 5.74) is 1.29. The van der Waals surface area contributed by atoms with Crippen LogP contribution < -0.4 is 5.32 Å². The minimum Gasteiger partial charge on any atom is -0.345 e. The smallest absolute Gasteiger partial charge is 0.253 e. The summed E-state index contributed by atoms with van der Waals surface area (Å²) in [5.74, 6) is 0.150. The maximum Gasteiger partial charge on any atom is 0.253 e. The lowest BCUT2D eigenvalue weighted by Gasteiger charge is -2.13. The van der Waals surface area contributed by atoms with E-state index < -0.39 is 0 Å². The zero-order valence-corrected chi connectivity index (χ0v) is 11.5. The number of amides is 2. The Hall–Kier alpha value is -1.84. The molecule has 1 aromatic rings. The van der Waals surface area contributed by atoms with Gasteiger partial charge in [-0.25, -0.2) is 0 Å². The highest BCUT2D eigenvalue weighted by molar-refractivity contribution is 5.97. The van der Waals surface area contributed by atoms with Crippen LogP contribution >= 0.6 is 0 Å². The summed E-state index contributed by atoms with van der Waals surface area (Å²) in [7, 11) is 3.43. The molecular weight excluding hydrogens is 240 g/mol. The van der Waals surface area contributed by atoms with E-state index in [0.29, 0.717) is 11.3 Å². The summed E-state index contributed by atoms with van der Waals surface area (Å²) in [6, 6.07) is 7.10. The maximum absolute atomic E-state index is 12.0. The predicted octanol–water partition coefficient (Wildman–Crippen LogP) is 2.52. The first kappa shape index (κ1) is 13.6. The minimum atomic E-state index is -0.0584. The molecule has 1 saturated carbocycles. The molecule has 2 amide bonds. The first-order valence-electron chi connectivity index (χ1n) is 6.70. The third-order valence-corrected chi connectivity index (χ3v) is 3.51. The Balaban J connectivity index is 2.06. The van der Waals surface area contributed by atoms with Gasteiger partial charge in [-0.15, -0.1) is 0 Å². The van der Waals surface area contributed by atoms with Gasteiger partial charge in [-0.1, -0.05) is 18.9 Å². The van der Waals surface area contributed by atoms with Crippen LogP contribution in [0.25, 0.3) is 0 Å². The molecule has 2 rings (SSSR count). The SMILES string of the molecule is CN(C)C(=O)c1cccc(NC(=O)C2CCCC2)c1. The molecular formula is C15H20N2O2. The molecule has 4 heteroatoms. The minimum absolute atomic E-state index is 0.0584. The molecule has 102 valence electrons. The van der Waals surface area contributed by atoms with Crippen molar-refractivity contribution in [3.63, 3.8) is 0 Å². The van der Waals surface area contributed by atoms with E-state index in [1.807, 2.05) is 6.07 Å². The second-order valence-corrected chi connectivity index (χ2v) is 5.25. The summed E-state index contributed by atoms with van der Waals surface area (Å²) in [4.78, 5) is 25.4. The van der Waals surface area contributed by atoms with Gasteiger partial charge >= 0.3 is 0 Å². The Morgan fingerprint density at radius 1 is 1.21 bits per heavy atom. The lowest BCUT2D eigenvalue weighted by atomic mass is 10.1. The predicted molar refractivity (Wildman–Crippen MR) is 75.0 cm³/mol. The molecule has 0 aliphatic heterocycles. The highest BCUT2D eigenvalue weighted by Crippen LogP contribution is 2.26. The Bertz CT molecular complexity index is 477. The number of anilines is 1. The Labute approximate surface area is 113 Å². The molecule has 1 aromatic carbocycles. The van der Waals surface area contributed by atoms with Gasteiger partial charge in [-0.3, -0.25) is 9.59 Å². The molecule has 0 bridgehead atoms. The van der Waals surface area contributed by atoms with E-state index >= 15 is 0 Å². The number of hydrogen-bond acceptors (Lipinski definition) is 2. The molecule has 0 radical (unpaired) electrons. The molecule has 1 fully saturated rings. The lowest BCUT2D eigenvalue weighted by Crippen LogP contribution is -2.23. The molecule has 0 heterocycles.